The van der Waals surface area contributed by atoms with Crippen LogP contribution in [0.15, 0.2) is 4.99 Å². The van der Waals surface area contributed by atoms with Crippen LogP contribution < -0.4 is 33.2 Å². The number of nitrogens with one attached hydrogen (secondary N) is 3. The average molecular weight is 458 g/mol. The number of rotatable bonds is 15. The van der Waals surface area contributed by atoms with Crippen molar-refractivity contribution < 1.29 is 24.3 Å². The van der Waals surface area contributed by atoms with E-state index in [0.717, 1.165) is 0 Å². The summed E-state index contributed by atoms with van der Waals surface area (Å²) in [5, 5.41) is 16.4. The molecule has 0 saturated heterocycles. The minimum absolute atomic E-state index is 0.0418. The van der Waals surface area contributed by atoms with Gasteiger partial charge in [-0.2, -0.15) is 0 Å². The van der Waals surface area contributed by atoms with Gasteiger partial charge in [-0.05, 0) is 31.1 Å². The number of amides is 3. The van der Waals surface area contributed by atoms with Crippen LogP contribution >= 0.6 is 0 Å². The zero-order chi connectivity index (χ0) is 24.8. The van der Waals surface area contributed by atoms with Crippen LogP contribution in [0.25, 0.3) is 0 Å². The lowest BCUT2D eigenvalue weighted by Crippen LogP contribution is -2.58. The Kier molecular flexibility index (Phi) is 13.6. The molecule has 0 fully saturated rings. The first kappa shape index (κ1) is 29.1. The van der Waals surface area contributed by atoms with Crippen LogP contribution in [0.5, 0.6) is 0 Å². The Hall–Kier alpha value is -2.89. The monoisotopic (exact) mass is 457 g/mol. The standard InChI is InChI=1S/C20H39N7O5/c1-5-12(4)16(27-17(30)13(21)7-6-8-24-20(22)23)19(32)26-14(9-11(2)3)18(31)25-10-15(28)29/h11-14,16H,5-10,21H2,1-4H3,(H,25,31)(H,26,32)(H,27,30)(H,28,29)(H4,22,23,24). The zero-order valence-corrected chi connectivity index (χ0v) is 19.4. The predicted octanol–water partition coefficient (Wildman–Crippen LogP) is -1.37. The van der Waals surface area contributed by atoms with Crippen LogP contribution in [0.4, 0.5) is 0 Å². The van der Waals surface area contributed by atoms with Crippen molar-refractivity contribution in [2.24, 2.45) is 34.0 Å². The molecule has 0 aromatic rings. The fourth-order valence-corrected chi connectivity index (χ4v) is 2.86. The van der Waals surface area contributed by atoms with Crippen LogP contribution in [0.2, 0.25) is 0 Å². The average Bonchev–Trinajstić information content (AvgIpc) is 2.71. The van der Waals surface area contributed by atoms with Gasteiger partial charge >= 0.3 is 5.97 Å². The van der Waals surface area contributed by atoms with Crippen LogP contribution in [-0.2, 0) is 19.2 Å². The number of nitrogens with two attached hydrogens (primary N) is 3. The number of carboxylic acid groups (broad SMARTS) is 1. The van der Waals surface area contributed by atoms with Gasteiger partial charge in [-0.1, -0.05) is 34.1 Å². The van der Waals surface area contributed by atoms with Crippen molar-refractivity contribution in [2.45, 2.75) is 71.5 Å². The number of aliphatic imine (C=N–C) groups is 1. The molecule has 0 saturated carbocycles. The largest absolute Gasteiger partial charge is 0.480 e. The SMILES string of the molecule is CCC(C)C(NC(=O)C(N)CCCN=C(N)N)C(=O)NC(CC(C)C)C(=O)NCC(=O)O. The van der Waals surface area contributed by atoms with E-state index in [1.54, 1.807) is 6.92 Å². The van der Waals surface area contributed by atoms with E-state index in [1.807, 2.05) is 20.8 Å². The van der Waals surface area contributed by atoms with Crippen LogP contribution in [0.1, 0.15) is 53.4 Å². The molecule has 0 aromatic heterocycles. The number of guanidine groups is 1. The van der Waals surface area contributed by atoms with Crippen molar-refractivity contribution in [3.8, 4) is 0 Å². The maximum atomic E-state index is 13.0. The van der Waals surface area contributed by atoms with E-state index in [1.165, 1.54) is 0 Å². The molecule has 0 rings (SSSR count). The van der Waals surface area contributed by atoms with E-state index in [4.69, 9.17) is 22.3 Å². The first-order valence-electron chi connectivity index (χ1n) is 10.8. The second kappa shape index (κ2) is 15.0. The van der Waals surface area contributed by atoms with Gasteiger partial charge in [-0.15, -0.1) is 0 Å². The highest BCUT2D eigenvalue weighted by atomic mass is 16.4. The van der Waals surface area contributed by atoms with Crippen molar-refractivity contribution in [3.05, 3.63) is 0 Å². The van der Waals surface area contributed by atoms with Crippen molar-refractivity contribution in [3.63, 3.8) is 0 Å². The van der Waals surface area contributed by atoms with E-state index < -0.39 is 48.4 Å². The van der Waals surface area contributed by atoms with Crippen molar-refractivity contribution in [2.75, 3.05) is 13.1 Å². The summed E-state index contributed by atoms with van der Waals surface area (Å²) < 4.78 is 0. The molecule has 0 radical (unpaired) electrons. The van der Waals surface area contributed by atoms with Crippen molar-refractivity contribution >= 4 is 29.7 Å². The Morgan fingerprint density at radius 1 is 1.00 bits per heavy atom. The molecule has 3 amide bonds. The Balaban J connectivity index is 5.19. The minimum atomic E-state index is -1.19. The van der Waals surface area contributed by atoms with Gasteiger partial charge in [0, 0.05) is 6.54 Å². The maximum absolute atomic E-state index is 13.0. The molecule has 0 heterocycles. The summed E-state index contributed by atoms with van der Waals surface area (Å²) in [6, 6.07) is -2.69. The summed E-state index contributed by atoms with van der Waals surface area (Å²) in [5.74, 6) is -3.02. The molecule has 0 aliphatic rings. The predicted molar refractivity (Wildman–Crippen MR) is 121 cm³/mol. The number of hydrogen-bond donors (Lipinski definition) is 7. The normalized spacial score (nSPS) is 14.6. The molecule has 4 atom stereocenters. The summed E-state index contributed by atoms with van der Waals surface area (Å²) in [5.41, 5.74) is 16.4. The summed E-state index contributed by atoms with van der Waals surface area (Å²) >= 11 is 0. The molecule has 32 heavy (non-hydrogen) atoms. The second-order valence-electron chi connectivity index (χ2n) is 8.23. The molecular formula is C20H39N7O5. The van der Waals surface area contributed by atoms with Crippen LogP contribution in [-0.4, -0.2) is 66.0 Å². The molecule has 0 aliphatic carbocycles. The van der Waals surface area contributed by atoms with E-state index >= 15 is 0 Å². The summed E-state index contributed by atoms with van der Waals surface area (Å²) in [6.45, 7) is 7.20. The summed E-state index contributed by atoms with van der Waals surface area (Å²) in [7, 11) is 0. The van der Waals surface area contributed by atoms with Gasteiger partial charge in [0.05, 0.1) is 6.04 Å². The number of nitrogens with zero attached hydrogens (tertiary/aromatic N) is 1. The topological polar surface area (TPSA) is 215 Å². The zero-order valence-electron chi connectivity index (χ0n) is 19.4. The molecule has 12 nitrogen and oxygen atoms in total. The fourth-order valence-electron chi connectivity index (χ4n) is 2.86. The fraction of sp³-hybridized carbons (Fsp3) is 0.750. The smallest absolute Gasteiger partial charge is 0.322 e. The maximum Gasteiger partial charge on any atom is 0.322 e. The molecule has 0 spiro atoms. The molecule has 4 unspecified atom stereocenters. The van der Waals surface area contributed by atoms with Gasteiger partial charge < -0.3 is 38.3 Å². The Morgan fingerprint density at radius 3 is 2.12 bits per heavy atom. The summed E-state index contributed by atoms with van der Waals surface area (Å²) in [6.07, 6.45) is 1.72. The van der Waals surface area contributed by atoms with Gasteiger partial charge in [0.1, 0.15) is 18.6 Å². The first-order chi connectivity index (χ1) is 14.9. The van der Waals surface area contributed by atoms with E-state index in [9.17, 15) is 19.2 Å². The third kappa shape index (κ3) is 12.1. The van der Waals surface area contributed by atoms with E-state index in [-0.39, 0.29) is 17.8 Å². The number of hydrogen-bond acceptors (Lipinski definition) is 6. The van der Waals surface area contributed by atoms with Crippen molar-refractivity contribution in [1.82, 2.24) is 16.0 Å². The highest BCUT2D eigenvalue weighted by Gasteiger charge is 2.31. The molecule has 0 aromatic carbocycles. The van der Waals surface area contributed by atoms with Gasteiger partial charge in [-0.3, -0.25) is 24.2 Å². The minimum Gasteiger partial charge on any atom is -0.480 e. The van der Waals surface area contributed by atoms with Gasteiger partial charge in [0.2, 0.25) is 17.7 Å². The van der Waals surface area contributed by atoms with Crippen molar-refractivity contribution in [1.29, 1.82) is 0 Å². The van der Waals surface area contributed by atoms with Crippen LogP contribution in [0.3, 0.4) is 0 Å². The summed E-state index contributed by atoms with van der Waals surface area (Å²) in [4.78, 5) is 52.4. The van der Waals surface area contributed by atoms with Crippen LogP contribution in [0, 0.1) is 11.8 Å². The quantitative estimate of drug-likeness (QED) is 0.0882. The molecule has 10 N–H and O–H groups in total. The first-order valence-corrected chi connectivity index (χ1v) is 10.8. The highest BCUT2D eigenvalue weighted by molar-refractivity contribution is 5.93. The highest BCUT2D eigenvalue weighted by Crippen LogP contribution is 2.11. The number of aliphatic carboxylic acids is 1. The third-order valence-electron chi connectivity index (χ3n) is 4.85. The van der Waals surface area contributed by atoms with Gasteiger partial charge in [0.15, 0.2) is 5.96 Å². The Morgan fingerprint density at radius 2 is 1.62 bits per heavy atom. The molecule has 184 valence electrons. The Labute approximate surface area is 189 Å². The number of carboxylic acids is 1. The van der Waals surface area contributed by atoms with E-state index in [0.29, 0.717) is 32.2 Å². The number of carbonyl (C=O) groups is 4. The van der Waals surface area contributed by atoms with Gasteiger partial charge in [-0.25, -0.2) is 0 Å². The molecular weight excluding hydrogens is 418 g/mol. The lowest BCUT2D eigenvalue weighted by molar-refractivity contribution is -0.138. The lowest BCUT2D eigenvalue weighted by Gasteiger charge is -2.28. The molecule has 0 bridgehead atoms. The molecule has 0 aliphatic heterocycles. The number of carbonyl (C=O) groups excluding carboxylic acids is 3. The Bertz CT molecular complexity index is 665. The molecule has 12 heteroatoms. The lowest BCUT2D eigenvalue weighted by atomic mass is 9.96. The third-order valence-corrected chi connectivity index (χ3v) is 4.85. The van der Waals surface area contributed by atoms with E-state index in [2.05, 4.69) is 20.9 Å². The second-order valence-corrected chi connectivity index (χ2v) is 8.23. The van der Waals surface area contributed by atoms with Gasteiger partial charge in [0.25, 0.3) is 0 Å².